The number of benzene rings is 2. The zero-order chi connectivity index (χ0) is 27.4. The molecule has 2 aliphatic rings. The van der Waals surface area contributed by atoms with Crippen LogP contribution in [0.25, 0.3) is 17.0 Å². The van der Waals surface area contributed by atoms with Crippen LogP contribution in [0.1, 0.15) is 62.6 Å². The molecule has 0 saturated heterocycles. The van der Waals surface area contributed by atoms with Crippen LogP contribution in [-0.4, -0.2) is 41.1 Å². The molecule has 5 rings (SSSR count). The van der Waals surface area contributed by atoms with Crippen molar-refractivity contribution < 1.29 is 9.53 Å². The third-order valence-electron chi connectivity index (χ3n) is 8.01. The van der Waals surface area contributed by atoms with Crippen LogP contribution in [0.3, 0.4) is 0 Å². The molecule has 0 fully saturated rings. The fourth-order valence-electron chi connectivity index (χ4n) is 6.03. The van der Waals surface area contributed by atoms with Crippen LogP contribution in [0.2, 0.25) is 0 Å². The smallest absolute Gasteiger partial charge is 0.158 e. The summed E-state index contributed by atoms with van der Waals surface area (Å²) < 4.78 is 8.17. The molecule has 0 spiro atoms. The van der Waals surface area contributed by atoms with E-state index in [-0.39, 0.29) is 17.6 Å². The van der Waals surface area contributed by atoms with Crippen molar-refractivity contribution in [3.05, 3.63) is 83.6 Å². The molecule has 3 aromatic rings. The third-order valence-corrected chi connectivity index (χ3v) is 8.01. The first-order valence-corrected chi connectivity index (χ1v) is 14.2. The summed E-state index contributed by atoms with van der Waals surface area (Å²) >= 11 is 0. The van der Waals surface area contributed by atoms with Crippen LogP contribution in [0, 0.1) is 5.92 Å². The molecule has 204 valence electrons. The van der Waals surface area contributed by atoms with Crippen LogP contribution in [-0.2, 0) is 11.3 Å². The van der Waals surface area contributed by atoms with Crippen molar-refractivity contribution in [1.82, 2.24) is 14.7 Å². The fraction of sp³-hybridized carbons (Fsp3) is 0.394. The number of hydrogen-bond donors (Lipinski definition) is 1. The van der Waals surface area contributed by atoms with Crippen molar-refractivity contribution >= 4 is 11.5 Å². The third kappa shape index (κ3) is 5.92. The molecule has 2 atom stereocenters. The minimum atomic E-state index is 0.114. The molecule has 0 amide bonds. The second-order valence-corrected chi connectivity index (χ2v) is 11.0. The first-order valence-electron chi connectivity index (χ1n) is 14.2. The highest BCUT2D eigenvalue weighted by atomic mass is 16.5. The minimum absolute atomic E-state index is 0.114. The molecule has 1 aromatic heterocycles. The summed E-state index contributed by atoms with van der Waals surface area (Å²) in [6, 6.07) is 17.9. The second kappa shape index (κ2) is 12.1. The summed E-state index contributed by atoms with van der Waals surface area (Å²) in [6.07, 6.45) is 9.62. The van der Waals surface area contributed by atoms with Gasteiger partial charge in [0, 0.05) is 41.7 Å². The average Bonchev–Trinajstić information content (AvgIpc) is 3.46. The molecule has 0 radical (unpaired) electrons. The number of ether oxygens (including phenoxy) is 1. The van der Waals surface area contributed by atoms with Gasteiger partial charge in [0.1, 0.15) is 11.5 Å². The summed E-state index contributed by atoms with van der Waals surface area (Å²) in [6.45, 7) is 3.54. The molecule has 2 N–H and O–H groups in total. The number of aromatic nitrogens is 2. The lowest BCUT2D eigenvalue weighted by Gasteiger charge is -2.14. The van der Waals surface area contributed by atoms with Gasteiger partial charge < -0.3 is 15.4 Å². The van der Waals surface area contributed by atoms with Gasteiger partial charge in [-0.2, -0.15) is 5.10 Å². The van der Waals surface area contributed by atoms with Gasteiger partial charge in [-0.15, -0.1) is 0 Å². The SMILES string of the molecule is CC1C2=C(CCCC(C(=O)C=CCN(C)C)CCC2)n2nc(-c3ccc(Oc4ccccc4)cc3)c(CN)c21. The van der Waals surface area contributed by atoms with Gasteiger partial charge in [0.2, 0.25) is 0 Å². The maximum atomic E-state index is 12.9. The molecule has 6 nitrogen and oxygen atoms in total. The van der Waals surface area contributed by atoms with Crippen LogP contribution in [0.5, 0.6) is 11.5 Å². The van der Waals surface area contributed by atoms with Gasteiger partial charge >= 0.3 is 0 Å². The zero-order valence-corrected chi connectivity index (χ0v) is 23.4. The number of carbonyl (C=O) groups excluding carboxylic acids is 1. The van der Waals surface area contributed by atoms with Crippen molar-refractivity contribution in [3.63, 3.8) is 0 Å². The van der Waals surface area contributed by atoms with Gasteiger partial charge in [0.25, 0.3) is 0 Å². The lowest BCUT2D eigenvalue weighted by molar-refractivity contribution is -0.118. The van der Waals surface area contributed by atoms with E-state index in [1.54, 1.807) is 6.08 Å². The Morgan fingerprint density at radius 3 is 2.44 bits per heavy atom. The predicted molar refractivity (Wildman–Crippen MR) is 158 cm³/mol. The molecule has 6 heteroatoms. The van der Waals surface area contributed by atoms with Crippen molar-refractivity contribution in [3.8, 4) is 22.8 Å². The number of carbonyl (C=O) groups is 1. The second-order valence-electron chi connectivity index (χ2n) is 11.0. The number of fused-ring (bicyclic) bond motifs is 2. The molecule has 0 bridgehead atoms. The molecule has 1 aliphatic heterocycles. The van der Waals surface area contributed by atoms with Gasteiger partial charge in [-0.1, -0.05) is 31.2 Å². The molecule has 0 saturated carbocycles. The Morgan fingerprint density at radius 2 is 1.74 bits per heavy atom. The van der Waals surface area contributed by atoms with E-state index in [2.05, 4.69) is 28.6 Å². The van der Waals surface area contributed by atoms with Crippen molar-refractivity contribution in [2.45, 2.75) is 57.9 Å². The molecule has 1 aliphatic carbocycles. The monoisotopic (exact) mass is 524 g/mol. The van der Waals surface area contributed by atoms with Gasteiger partial charge in [0.05, 0.1) is 11.4 Å². The van der Waals surface area contributed by atoms with Gasteiger partial charge in [0.15, 0.2) is 5.78 Å². The fourth-order valence-corrected chi connectivity index (χ4v) is 6.03. The van der Waals surface area contributed by atoms with E-state index in [0.717, 1.165) is 73.4 Å². The van der Waals surface area contributed by atoms with Crippen molar-refractivity contribution in [2.75, 3.05) is 20.6 Å². The number of likely N-dealkylation sites (N-methyl/N-ethyl adjacent to an activating group) is 1. The number of hydrogen-bond acceptors (Lipinski definition) is 5. The Hall–Kier alpha value is -3.48. The highest BCUT2D eigenvalue weighted by Gasteiger charge is 2.34. The van der Waals surface area contributed by atoms with Gasteiger partial charge in [-0.3, -0.25) is 4.79 Å². The summed E-state index contributed by atoms with van der Waals surface area (Å²) in [7, 11) is 4.04. The quantitative estimate of drug-likeness (QED) is 0.329. The number of ketones is 1. The summed E-state index contributed by atoms with van der Waals surface area (Å²) in [5, 5.41) is 5.15. The van der Waals surface area contributed by atoms with E-state index in [1.807, 2.05) is 62.6 Å². The largest absolute Gasteiger partial charge is 0.457 e. The van der Waals surface area contributed by atoms with E-state index in [4.69, 9.17) is 15.6 Å². The first-order chi connectivity index (χ1) is 19.0. The average molecular weight is 525 g/mol. The normalized spacial score (nSPS) is 19.5. The van der Waals surface area contributed by atoms with E-state index in [1.165, 1.54) is 17.0 Å². The zero-order valence-electron chi connectivity index (χ0n) is 23.4. The maximum Gasteiger partial charge on any atom is 0.158 e. The van der Waals surface area contributed by atoms with Crippen LogP contribution in [0.15, 0.2) is 72.3 Å². The first kappa shape index (κ1) is 27.1. The van der Waals surface area contributed by atoms with Crippen molar-refractivity contribution in [1.29, 1.82) is 0 Å². The van der Waals surface area contributed by atoms with Crippen molar-refractivity contribution in [2.24, 2.45) is 11.7 Å². The lowest BCUT2D eigenvalue weighted by atomic mass is 9.89. The number of nitrogens with two attached hydrogens (primary N) is 1. The van der Waals surface area contributed by atoms with Crippen LogP contribution in [0.4, 0.5) is 0 Å². The summed E-state index contributed by atoms with van der Waals surface area (Å²) in [5.74, 6) is 2.28. The van der Waals surface area contributed by atoms with E-state index in [9.17, 15) is 4.79 Å². The van der Waals surface area contributed by atoms with E-state index >= 15 is 0 Å². The standard InChI is InChI=1S/C33H40N4O2/c1-23-28-14-7-10-24(31(38)16-9-21-36(2)3)11-8-15-30(28)37-33(23)29(22-34)32(35-37)25-17-19-27(20-18-25)39-26-12-5-4-6-13-26/h4-6,9,12-13,16-20,23-24H,7-8,10-11,14-15,21-22,34H2,1-3H3. The Bertz CT molecular complexity index is 1350. The topological polar surface area (TPSA) is 73.4 Å². The molecule has 2 aromatic carbocycles. The Balaban J connectivity index is 1.34. The summed E-state index contributed by atoms with van der Waals surface area (Å²) in [4.78, 5) is 14.9. The summed E-state index contributed by atoms with van der Waals surface area (Å²) in [5.41, 5.74) is 13.5. The maximum absolute atomic E-state index is 12.9. The van der Waals surface area contributed by atoms with E-state index in [0.29, 0.717) is 6.54 Å². The molecule has 39 heavy (non-hydrogen) atoms. The van der Waals surface area contributed by atoms with Crippen LogP contribution >= 0.6 is 0 Å². The number of nitrogens with zero attached hydrogens (tertiary/aromatic N) is 3. The molecule has 2 unspecified atom stereocenters. The minimum Gasteiger partial charge on any atom is -0.457 e. The number of para-hydroxylation sites is 1. The van der Waals surface area contributed by atoms with E-state index < -0.39 is 0 Å². The Labute approximate surface area is 232 Å². The Kier molecular flexibility index (Phi) is 8.44. The van der Waals surface area contributed by atoms with Gasteiger partial charge in [-0.05, 0) is 101 Å². The Morgan fingerprint density at radius 1 is 1.05 bits per heavy atom. The molecule has 2 heterocycles. The lowest BCUT2D eigenvalue weighted by Crippen LogP contribution is -2.14. The molecular weight excluding hydrogens is 484 g/mol. The highest BCUT2D eigenvalue weighted by Crippen LogP contribution is 2.46. The van der Waals surface area contributed by atoms with Gasteiger partial charge in [-0.25, -0.2) is 4.68 Å². The number of rotatable bonds is 8. The molecular formula is C33H40N4O2. The predicted octanol–water partition coefficient (Wildman–Crippen LogP) is 6.79. The van der Waals surface area contributed by atoms with Crippen LogP contribution < -0.4 is 10.5 Å². The number of allylic oxidation sites excluding steroid dienone is 3. The highest BCUT2D eigenvalue weighted by molar-refractivity contribution is 5.91.